The molecule has 3 aliphatic rings. The summed E-state index contributed by atoms with van der Waals surface area (Å²) in [7, 11) is 1.83. The molecule has 0 aromatic carbocycles. The molecule has 0 aromatic heterocycles. The number of rotatable bonds is 7. The van der Waals surface area contributed by atoms with Crippen molar-refractivity contribution in [2.24, 2.45) is 16.8 Å². The van der Waals surface area contributed by atoms with E-state index in [0.717, 1.165) is 77.6 Å². The lowest BCUT2D eigenvalue weighted by Crippen LogP contribution is -2.52. The van der Waals surface area contributed by atoms with E-state index in [1.54, 1.807) is 0 Å². The van der Waals surface area contributed by atoms with Gasteiger partial charge in [0.05, 0.1) is 13.2 Å². The third kappa shape index (κ3) is 6.84. The summed E-state index contributed by atoms with van der Waals surface area (Å²) in [5.41, 5.74) is 0. The number of hydrogen-bond acceptors (Lipinski definition) is 4. The highest BCUT2D eigenvalue weighted by atomic mass is 16.5. The van der Waals surface area contributed by atoms with E-state index in [-0.39, 0.29) is 12.0 Å². The largest absolute Gasteiger partial charge is 0.379 e. The highest BCUT2D eigenvalue weighted by Gasteiger charge is 2.32. The number of guanidine groups is 1. The molecule has 3 fully saturated rings. The first-order chi connectivity index (χ1) is 14.6. The van der Waals surface area contributed by atoms with E-state index in [2.05, 4.69) is 39.3 Å². The smallest absolute Gasteiger partial charge is 0.225 e. The zero-order chi connectivity index (χ0) is 21.3. The number of carbonyl (C=O) groups is 1. The van der Waals surface area contributed by atoms with E-state index >= 15 is 0 Å². The lowest BCUT2D eigenvalue weighted by atomic mass is 9.88. The molecule has 7 nitrogen and oxygen atoms in total. The van der Waals surface area contributed by atoms with Gasteiger partial charge in [0.2, 0.25) is 5.91 Å². The molecule has 7 heteroatoms. The minimum absolute atomic E-state index is 0.264. The van der Waals surface area contributed by atoms with Crippen molar-refractivity contribution in [3.63, 3.8) is 0 Å². The Balaban J connectivity index is 1.46. The van der Waals surface area contributed by atoms with Crippen LogP contribution < -0.4 is 10.6 Å². The Kier molecular flexibility index (Phi) is 9.25. The van der Waals surface area contributed by atoms with Gasteiger partial charge in [-0.25, -0.2) is 0 Å². The summed E-state index contributed by atoms with van der Waals surface area (Å²) in [5.74, 6) is 2.16. The first-order valence-electron chi connectivity index (χ1n) is 12.1. The molecule has 2 unspecified atom stereocenters. The predicted octanol–water partition coefficient (Wildman–Crippen LogP) is 2.08. The fourth-order valence-electron chi connectivity index (χ4n) is 5.14. The highest BCUT2D eigenvalue weighted by Crippen LogP contribution is 2.26. The highest BCUT2D eigenvalue weighted by molar-refractivity contribution is 5.81. The summed E-state index contributed by atoms with van der Waals surface area (Å²) in [4.78, 5) is 21.9. The maximum absolute atomic E-state index is 12.8. The number of nitrogens with one attached hydrogen (secondary N) is 2. The van der Waals surface area contributed by atoms with Gasteiger partial charge < -0.3 is 20.3 Å². The average molecular weight is 422 g/mol. The number of carbonyl (C=O) groups excluding carboxylic acids is 1. The maximum atomic E-state index is 12.8. The van der Waals surface area contributed by atoms with E-state index in [1.165, 1.54) is 19.3 Å². The molecule has 2 N–H and O–H groups in total. The zero-order valence-corrected chi connectivity index (χ0v) is 19.4. The zero-order valence-electron chi connectivity index (χ0n) is 19.4. The van der Waals surface area contributed by atoms with Crippen LogP contribution in [0.15, 0.2) is 4.99 Å². The Morgan fingerprint density at radius 3 is 2.50 bits per heavy atom. The molecule has 2 atom stereocenters. The average Bonchev–Trinajstić information content (AvgIpc) is 3.24. The minimum Gasteiger partial charge on any atom is -0.379 e. The number of nitrogens with zero attached hydrogens (tertiary/aromatic N) is 3. The maximum Gasteiger partial charge on any atom is 0.225 e. The van der Waals surface area contributed by atoms with Gasteiger partial charge in [0.25, 0.3) is 0 Å². The molecule has 2 saturated heterocycles. The molecular weight excluding hydrogens is 378 g/mol. The summed E-state index contributed by atoms with van der Waals surface area (Å²) in [6, 6.07) is 0.774. The Bertz CT molecular complexity index is 556. The third-order valence-electron chi connectivity index (χ3n) is 6.83. The van der Waals surface area contributed by atoms with Crippen LogP contribution in [0.4, 0.5) is 0 Å². The van der Waals surface area contributed by atoms with Gasteiger partial charge >= 0.3 is 0 Å². The normalized spacial score (nSPS) is 25.5. The van der Waals surface area contributed by atoms with Crippen LogP contribution in [0.1, 0.15) is 58.8 Å². The van der Waals surface area contributed by atoms with Gasteiger partial charge in [-0.3, -0.25) is 14.7 Å². The van der Waals surface area contributed by atoms with Gasteiger partial charge in [-0.2, -0.15) is 0 Å². The Labute approximate surface area is 183 Å². The van der Waals surface area contributed by atoms with E-state index in [9.17, 15) is 4.79 Å². The Morgan fingerprint density at radius 1 is 1.10 bits per heavy atom. The van der Waals surface area contributed by atoms with Gasteiger partial charge in [0, 0.05) is 57.8 Å². The summed E-state index contributed by atoms with van der Waals surface area (Å²) in [6.07, 6.45) is 8.03. The van der Waals surface area contributed by atoms with E-state index in [4.69, 9.17) is 4.74 Å². The summed E-state index contributed by atoms with van der Waals surface area (Å²) < 4.78 is 5.53. The fourth-order valence-corrected chi connectivity index (χ4v) is 5.14. The molecule has 0 aromatic rings. The molecule has 1 aliphatic carbocycles. The molecule has 0 radical (unpaired) electrons. The van der Waals surface area contributed by atoms with Crippen LogP contribution >= 0.6 is 0 Å². The lowest BCUT2D eigenvalue weighted by Gasteiger charge is -2.36. The molecule has 3 rings (SSSR count). The van der Waals surface area contributed by atoms with Gasteiger partial charge in [0.1, 0.15) is 0 Å². The molecule has 1 amide bonds. The number of ether oxygens (including phenoxy) is 1. The summed E-state index contributed by atoms with van der Waals surface area (Å²) in [5, 5.41) is 7.13. The molecule has 1 saturated carbocycles. The van der Waals surface area contributed by atoms with Crippen molar-refractivity contribution in [2.45, 2.75) is 70.9 Å². The number of likely N-dealkylation sites (tertiary alicyclic amines) is 1. The Morgan fingerprint density at radius 2 is 1.83 bits per heavy atom. The van der Waals surface area contributed by atoms with Crippen LogP contribution in [-0.4, -0.2) is 86.7 Å². The second-order valence-corrected chi connectivity index (χ2v) is 9.63. The molecule has 30 heavy (non-hydrogen) atoms. The molecule has 172 valence electrons. The van der Waals surface area contributed by atoms with Crippen LogP contribution in [0.3, 0.4) is 0 Å². The minimum atomic E-state index is 0.264. The second kappa shape index (κ2) is 11.9. The molecule has 0 bridgehead atoms. The van der Waals surface area contributed by atoms with E-state index in [0.29, 0.717) is 17.9 Å². The quantitative estimate of drug-likeness (QED) is 0.487. The lowest BCUT2D eigenvalue weighted by molar-refractivity contribution is -0.135. The van der Waals surface area contributed by atoms with Crippen molar-refractivity contribution < 1.29 is 9.53 Å². The first kappa shape index (κ1) is 23.3. The number of aliphatic imine (C=N–C) groups is 1. The molecule has 0 spiro atoms. The van der Waals surface area contributed by atoms with Crippen molar-refractivity contribution in [2.75, 3.05) is 53.0 Å². The standard InChI is InChI=1S/C23H43N5O2/c1-18(2)15-21(27-11-13-30-14-12-27)16-25-23(24-3)26-20-9-10-28(17-20)22(29)19-7-5-4-6-8-19/h18-21H,4-17H2,1-3H3,(H2,24,25,26). The van der Waals surface area contributed by atoms with Crippen LogP contribution in [0.25, 0.3) is 0 Å². The van der Waals surface area contributed by atoms with Gasteiger partial charge in [0.15, 0.2) is 5.96 Å². The number of hydrogen-bond donors (Lipinski definition) is 2. The van der Waals surface area contributed by atoms with Crippen LogP contribution in [0.2, 0.25) is 0 Å². The van der Waals surface area contributed by atoms with Crippen molar-refractivity contribution in [3.05, 3.63) is 0 Å². The van der Waals surface area contributed by atoms with Crippen molar-refractivity contribution >= 4 is 11.9 Å². The molecule has 2 heterocycles. The molecule has 2 aliphatic heterocycles. The van der Waals surface area contributed by atoms with Gasteiger partial charge in [-0.1, -0.05) is 33.1 Å². The number of morpholine rings is 1. The third-order valence-corrected chi connectivity index (χ3v) is 6.83. The summed E-state index contributed by atoms with van der Waals surface area (Å²) >= 11 is 0. The van der Waals surface area contributed by atoms with Crippen molar-refractivity contribution in [1.82, 2.24) is 20.4 Å². The van der Waals surface area contributed by atoms with Crippen molar-refractivity contribution in [3.8, 4) is 0 Å². The SMILES string of the molecule is CN=C(NCC(CC(C)C)N1CCOCC1)NC1CCN(C(=O)C2CCCCC2)C1. The van der Waals surface area contributed by atoms with Crippen LogP contribution in [0.5, 0.6) is 0 Å². The van der Waals surface area contributed by atoms with Crippen LogP contribution in [0, 0.1) is 11.8 Å². The number of amides is 1. The fraction of sp³-hybridized carbons (Fsp3) is 0.913. The monoisotopic (exact) mass is 421 g/mol. The van der Waals surface area contributed by atoms with E-state index in [1.807, 2.05) is 7.05 Å². The summed E-state index contributed by atoms with van der Waals surface area (Å²) in [6.45, 7) is 10.8. The topological polar surface area (TPSA) is 69.2 Å². The van der Waals surface area contributed by atoms with Gasteiger partial charge in [-0.15, -0.1) is 0 Å². The molecular formula is C23H43N5O2. The van der Waals surface area contributed by atoms with E-state index < -0.39 is 0 Å². The van der Waals surface area contributed by atoms with Gasteiger partial charge in [-0.05, 0) is 31.6 Å². The van der Waals surface area contributed by atoms with Crippen molar-refractivity contribution in [1.29, 1.82) is 0 Å². The van der Waals surface area contributed by atoms with Crippen LogP contribution in [-0.2, 0) is 9.53 Å². The first-order valence-corrected chi connectivity index (χ1v) is 12.1. The Hall–Kier alpha value is -1.34. The second-order valence-electron chi connectivity index (χ2n) is 9.63. The predicted molar refractivity (Wildman–Crippen MR) is 122 cm³/mol.